The molecule has 0 saturated carbocycles. The number of carbonyl (C=O) groups is 4. The third kappa shape index (κ3) is 3.76. The van der Waals surface area contributed by atoms with E-state index in [2.05, 4.69) is 5.32 Å². The molecule has 2 amide bonds. The third-order valence-corrected chi connectivity index (χ3v) is 7.86. The highest BCUT2D eigenvalue weighted by Gasteiger charge is 2.59. The maximum Gasteiger partial charge on any atom is 0.255 e. The first-order chi connectivity index (χ1) is 17.8. The molecule has 5 rings (SSSR count). The number of likely N-dealkylation sites (tertiary alicyclic amines) is 1. The van der Waals surface area contributed by atoms with E-state index in [0.29, 0.717) is 6.54 Å². The van der Waals surface area contributed by atoms with Gasteiger partial charge in [0.15, 0.2) is 17.1 Å². The Bertz CT molecular complexity index is 1370. The number of aromatic hydroxyl groups is 1. The van der Waals surface area contributed by atoms with Crippen LogP contribution in [0.25, 0.3) is 0 Å². The number of primary amides is 1. The summed E-state index contributed by atoms with van der Waals surface area (Å²) in [5, 5.41) is 45.6. The number of rotatable bonds is 4. The summed E-state index contributed by atoms with van der Waals surface area (Å²) in [4.78, 5) is 52.2. The number of alkyl halides is 1. The van der Waals surface area contributed by atoms with Gasteiger partial charge in [-0.15, -0.1) is 0 Å². The highest BCUT2D eigenvalue weighted by atomic mass is 19.1. The number of hydrogen-bond acceptors (Lipinski definition) is 9. The number of aliphatic hydroxyl groups excluding tert-OH is 2. The molecular formula is C25H25F2N3O8. The molecule has 11 nitrogen and oxygen atoms in total. The zero-order chi connectivity index (χ0) is 27.7. The average molecular weight is 533 g/mol. The molecule has 3 aliphatic carbocycles. The number of phenols is 1. The van der Waals surface area contributed by atoms with E-state index in [1.54, 1.807) is 0 Å². The summed E-state index contributed by atoms with van der Waals surface area (Å²) in [5.74, 6) is -9.85. The lowest BCUT2D eigenvalue weighted by molar-refractivity contribution is -0.144. The van der Waals surface area contributed by atoms with E-state index in [-0.39, 0.29) is 37.9 Å². The van der Waals surface area contributed by atoms with Crippen LogP contribution < -0.4 is 11.1 Å². The molecule has 1 aliphatic heterocycles. The fraction of sp³-hybridized carbons (Fsp3) is 0.440. The number of hydrogen-bond donors (Lipinski definition) is 6. The molecule has 1 heterocycles. The molecule has 1 saturated heterocycles. The number of nitrogens with zero attached hydrogens (tertiary/aromatic N) is 1. The molecule has 1 fully saturated rings. The van der Waals surface area contributed by atoms with Crippen molar-refractivity contribution in [3.8, 4) is 5.75 Å². The summed E-state index contributed by atoms with van der Waals surface area (Å²) in [6.45, 7) is 0.178. The number of anilines is 1. The van der Waals surface area contributed by atoms with Crippen LogP contribution in [0, 0.1) is 17.7 Å². The Morgan fingerprint density at radius 3 is 2.55 bits per heavy atom. The van der Waals surface area contributed by atoms with Crippen LogP contribution in [-0.4, -0.2) is 80.1 Å². The van der Waals surface area contributed by atoms with Crippen LogP contribution in [0.4, 0.5) is 14.5 Å². The van der Waals surface area contributed by atoms with Crippen molar-refractivity contribution in [1.82, 2.24) is 4.90 Å². The lowest BCUT2D eigenvalue weighted by atomic mass is 9.60. The number of halogens is 2. The van der Waals surface area contributed by atoms with Crippen molar-refractivity contribution in [2.24, 2.45) is 17.6 Å². The molecular weight excluding hydrogens is 508 g/mol. The molecule has 0 aromatic heterocycles. The van der Waals surface area contributed by atoms with Gasteiger partial charge in [0.05, 0.1) is 17.8 Å². The Morgan fingerprint density at radius 2 is 1.92 bits per heavy atom. The number of phenolic OH excluding ortho intramolecular Hbond substituents is 1. The normalized spacial score (nSPS) is 29.2. The molecule has 202 valence electrons. The minimum Gasteiger partial charge on any atom is -0.511 e. The van der Waals surface area contributed by atoms with Crippen molar-refractivity contribution in [1.29, 1.82) is 0 Å². The van der Waals surface area contributed by atoms with Crippen LogP contribution in [-0.2, 0) is 20.8 Å². The zero-order valence-electron chi connectivity index (χ0n) is 20.0. The molecule has 0 bridgehead atoms. The van der Waals surface area contributed by atoms with Crippen molar-refractivity contribution in [3.63, 3.8) is 0 Å². The van der Waals surface area contributed by atoms with Gasteiger partial charge in [-0.25, -0.2) is 8.78 Å². The Labute approximate surface area is 214 Å². The predicted octanol–water partition coefficient (Wildman–Crippen LogP) is 0.702. The van der Waals surface area contributed by atoms with Gasteiger partial charge >= 0.3 is 0 Å². The minimum absolute atomic E-state index is 0.0539. The molecule has 1 aromatic carbocycles. The number of nitrogens with one attached hydrogen (secondary N) is 1. The van der Waals surface area contributed by atoms with E-state index in [0.717, 1.165) is 6.07 Å². The molecule has 0 spiro atoms. The Kier molecular flexibility index (Phi) is 6.03. The number of benzene rings is 1. The number of allylic oxidation sites excluding steroid dienone is 2. The van der Waals surface area contributed by atoms with Gasteiger partial charge in [-0.05, 0) is 25.2 Å². The van der Waals surface area contributed by atoms with Crippen LogP contribution in [0.2, 0.25) is 0 Å². The second-order valence-corrected chi connectivity index (χ2v) is 10.2. The number of carbonyl (C=O) groups excluding carboxylic acids is 4. The molecule has 1 unspecified atom stereocenters. The second-order valence-electron chi connectivity index (χ2n) is 10.2. The van der Waals surface area contributed by atoms with E-state index in [9.17, 15) is 44.0 Å². The second kappa shape index (κ2) is 8.88. The summed E-state index contributed by atoms with van der Waals surface area (Å²) in [6, 6.07) is 0.854. The van der Waals surface area contributed by atoms with Crippen LogP contribution in [0.1, 0.15) is 35.2 Å². The molecule has 7 N–H and O–H groups in total. The first kappa shape index (κ1) is 25.8. The lowest BCUT2D eigenvalue weighted by Gasteiger charge is -2.45. The van der Waals surface area contributed by atoms with Gasteiger partial charge < -0.3 is 31.5 Å². The van der Waals surface area contributed by atoms with Gasteiger partial charge in [-0.1, -0.05) is 0 Å². The van der Waals surface area contributed by atoms with E-state index in [1.165, 1.54) is 4.90 Å². The molecule has 13 heteroatoms. The first-order valence-electron chi connectivity index (χ1n) is 12.0. The lowest BCUT2D eigenvalue weighted by Crippen LogP contribution is -2.57. The van der Waals surface area contributed by atoms with Gasteiger partial charge in [-0.2, -0.15) is 0 Å². The van der Waals surface area contributed by atoms with Crippen molar-refractivity contribution >= 4 is 29.1 Å². The predicted molar refractivity (Wildman–Crippen MR) is 125 cm³/mol. The molecule has 4 aliphatic rings. The summed E-state index contributed by atoms with van der Waals surface area (Å²) in [5.41, 5.74) is -0.0676. The summed E-state index contributed by atoms with van der Waals surface area (Å²) in [6.07, 6.45) is -1.52. The Hall–Kier alpha value is -3.84. The van der Waals surface area contributed by atoms with E-state index in [4.69, 9.17) is 5.73 Å². The minimum atomic E-state index is -2.74. The maximum absolute atomic E-state index is 15.2. The van der Waals surface area contributed by atoms with Crippen LogP contribution in [0.5, 0.6) is 5.75 Å². The maximum atomic E-state index is 15.2. The monoisotopic (exact) mass is 533 g/mol. The number of amides is 2. The van der Waals surface area contributed by atoms with Gasteiger partial charge in [0.1, 0.15) is 29.1 Å². The fourth-order valence-corrected chi connectivity index (χ4v) is 6.06. The first-order valence-corrected chi connectivity index (χ1v) is 12.0. The Balaban J connectivity index is 1.51. The summed E-state index contributed by atoms with van der Waals surface area (Å²) in [7, 11) is 0. The smallest absolute Gasteiger partial charge is 0.255 e. The molecule has 1 aromatic rings. The molecule has 4 atom stereocenters. The Morgan fingerprint density at radius 1 is 1.21 bits per heavy atom. The van der Waals surface area contributed by atoms with E-state index < -0.39 is 98.9 Å². The summed E-state index contributed by atoms with van der Waals surface area (Å²) < 4.78 is 28.6. The topological polar surface area (TPSA) is 190 Å². The molecule has 0 radical (unpaired) electrons. The number of nitrogens with two attached hydrogens (primary N) is 1. The highest BCUT2D eigenvalue weighted by molar-refractivity contribution is 6.24. The van der Waals surface area contributed by atoms with Crippen molar-refractivity contribution in [2.75, 3.05) is 25.0 Å². The van der Waals surface area contributed by atoms with E-state index >= 15 is 4.39 Å². The van der Waals surface area contributed by atoms with Gasteiger partial charge in [0.2, 0.25) is 11.7 Å². The van der Waals surface area contributed by atoms with Crippen molar-refractivity contribution in [3.05, 3.63) is 45.7 Å². The number of fused-ring (bicyclic) bond motifs is 3. The molecule has 38 heavy (non-hydrogen) atoms. The van der Waals surface area contributed by atoms with Crippen LogP contribution in [0.3, 0.4) is 0 Å². The fourth-order valence-electron chi connectivity index (χ4n) is 6.06. The zero-order valence-corrected chi connectivity index (χ0v) is 20.0. The third-order valence-electron chi connectivity index (χ3n) is 7.86. The number of aliphatic hydroxyl groups is 3. The average Bonchev–Trinajstić information content (AvgIpc) is 3.23. The van der Waals surface area contributed by atoms with Gasteiger partial charge in [0.25, 0.3) is 5.91 Å². The standard InChI is InChI=1S/C25H25F2N3O8/c26-11-1-2-30(7-11)8-16(32)29-14-6-13(27)12-4-9-3-10-5-15(31)19(24(28)37)23(36)25(10,38)22(35)17(9)21(34)18(12)20(14)33/h6,9-11,31,33,35,38H,1-5,7-8H2,(H2,28,37)(H,29,32)/t9?,10-,11+,25-/m0/s1. The van der Waals surface area contributed by atoms with E-state index in [1.807, 2.05) is 0 Å². The van der Waals surface area contributed by atoms with Crippen LogP contribution in [0.15, 0.2) is 28.7 Å². The quantitative estimate of drug-likeness (QED) is 0.239. The van der Waals surface area contributed by atoms with Crippen LogP contribution >= 0.6 is 0 Å². The van der Waals surface area contributed by atoms with Gasteiger partial charge in [0, 0.05) is 42.6 Å². The highest BCUT2D eigenvalue weighted by Crippen LogP contribution is 2.52. The van der Waals surface area contributed by atoms with Crippen molar-refractivity contribution < 1.29 is 48.4 Å². The number of Topliss-reactive ketones (excluding diaryl/α,β-unsaturated/α-hetero) is 2. The summed E-state index contributed by atoms with van der Waals surface area (Å²) >= 11 is 0. The van der Waals surface area contributed by atoms with Crippen molar-refractivity contribution in [2.45, 2.75) is 37.5 Å². The SMILES string of the molecule is NC(=O)C1=C(O)C[C@@H]2CC3Cc4c(F)cc(NC(=O)CN5CC[C@@H](F)C5)c(O)c4C(=O)C3=C(O)[C@]2(O)C1=O. The largest absolute Gasteiger partial charge is 0.511 e. The van der Waals surface area contributed by atoms with Gasteiger partial charge in [-0.3, -0.25) is 24.1 Å². The number of ketones is 2.